The first kappa shape index (κ1) is 14.9. The molecule has 0 saturated heterocycles. The van der Waals surface area contributed by atoms with Gasteiger partial charge in [0.15, 0.2) is 0 Å². The Balaban J connectivity index is 1.80. The number of carbonyl (C=O) groups is 1. The van der Waals surface area contributed by atoms with Gasteiger partial charge in [-0.2, -0.15) is 11.8 Å². The summed E-state index contributed by atoms with van der Waals surface area (Å²) in [6.07, 6.45) is 2.46. The van der Waals surface area contributed by atoms with Gasteiger partial charge >= 0.3 is 5.97 Å². The maximum atomic E-state index is 10.8. The lowest BCUT2D eigenvalue weighted by Gasteiger charge is -2.14. The molecule has 5 heteroatoms. The molecule has 0 amide bonds. The number of thioether (sulfide) groups is 1. The molecule has 2 rings (SSSR count). The largest absolute Gasteiger partial charge is 0.481 e. The van der Waals surface area contributed by atoms with Gasteiger partial charge in [0.05, 0.1) is 12.1 Å². The second-order valence-corrected chi connectivity index (χ2v) is 8.37. The van der Waals surface area contributed by atoms with Gasteiger partial charge in [-0.3, -0.25) is 4.79 Å². The summed E-state index contributed by atoms with van der Waals surface area (Å²) < 4.78 is 0. The standard InChI is InChI=1S/C14H21NO2S2/c1-13(2,3)10-7-19-11(15-10)8-18-9-14(4-5-14)6-12(16)17/h7H,4-6,8-9H2,1-3H3,(H,16,17). The minimum Gasteiger partial charge on any atom is -0.481 e. The average Bonchev–Trinajstić information content (AvgIpc) is 2.85. The highest BCUT2D eigenvalue weighted by molar-refractivity contribution is 7.98. The van der Waals surface area contributed by atoms with E-state index < -0.39 is 5.97 Å². The van der Waals surface area contributed by atoms with Crippen molar-refractivity contribution < 1.29 is 9.90 Å². The summed E-state index contributed by atoms with van der Waals surface area (Å²) in [7, 11) is 0. The molecule has 1 N–H and O–H groups in total. The SMILES string of the molecule is CC(C)(C)c1csc(CSCC2(CC(=O)O)CC2)n1. The van der Waals surface area contributed by atoms with Crippen LogP contribution in [-0.2, 0) is 16.0 Å². The van der Waals surface area contributed by atoms with Gasteiger partial charge in [-0.25, -0.2) is 4.98 Å². The topological polar surface area (TPSA) is 50.2 Å². The van der Waals surface area contributed by atoms with Crippen molar-refractivity contribution in [2.24, 2.45) is 5.41 Å². The Bertz CT molecular complexity index is 458. The first-order valence-corrected chi connectivity index (χ1v) is 8.59. The number of aliphatic carboxylic acids is 1. The molecule has 3 nitrogen and oxygen atoms in total. The molecular weight excluding hydrogens is 278 g/mol. The molecule has 0 bridgehead atoms. The van der Waals surface area contributed by atoms with Gasteiger partial charge in [0, 0.05) is 16.5 Å². The minimum atomic E-state index is -0.664. The van der Waals surface area contributed by atoms with Gasteiger partial charge in [0.2, 0.25) is 0 Å². The molecule has 1 aromatic heterocycles. The van der Waals surface area contributed by atoms with Crippen LogP contribution in [-0.4, -0.2) is 21.8 Å². The van der Waals surface area contributed by atoms with Gasteiger partial charge in [-0.15, -0.1) is 11.3 Å². The highest BCUT2D eigenvalue weighted by Crippen LogP contribution is 2.51. The van der Waals surface area contributed by atoms with Crippen LogP contribution in [0.3, 0.4) is 0 Å². The third-order valence-corrected chi connectivity index (χ3v) is 5.76. The van der Waals surface area contributed by atoms with Crippen LogP contribution < -0.4 is 0 Å². The maximum Gasteiger partial charge on any atom is 0.303 e. The van der Waals surface area contributed by atoms with Crippen LogP contribution in [0.2, 0.25) is 0 Å². The fraction of sp³-hybridized carbons (Fsp3) is 0.714. The molecule has 1 aromatic rings. The van der Waals surface area contributed by atoms with Gasteiger partial charge in [0.1, 0.15) is 5.01 Å². The van der Waals surface area contributed by atoms with E-state index >= 15 is 0 Å². The van der Waals surface area contributed by atoms with Crippen LogP contribution in [0, 0.1) is 5.41 Å². The highest BCUT2D eigenvalue weighted by atomic mass is 32.2. The molecule has 0 unspecified atom stereocenters. The zero-order chi connectivity index (χ0) is 14.1. The summed E-state index contributed by atoms with van der Waals surface area (Å²) in [4.78, 5) is 15.4. The summed E-state index contributed by atoms with van der Waals surface area (Å²) in [6, 6.07) is 0. The maximum absolute atomic E-state index is 10.8. The van der Waals surface area contributed by atoms with Crippen LogP contribution in [0.15, 0.2) is 5.38 Å². The molecule has 1 heterocycles. The summed E-state index contributed by atoms with van der Waals surface area (Å²) in [5.74, 6) is 1.19. The Morgan fingerprint density at radius 3 is 2.68 bits per heavy atom. The van der Waals surface area contributed by atoms with E-state index in [0.717, 1.165) is 35.0 Å². The zero-order valence-corrected chi connectivity index (χ0v) is 13.4. The molecule has 0 aromatic carbocycles. The fourth-order valence-corrected chi connectivity index (χ4v) is 4.44. The van der Waals surface area contributed by atoms with E-state index in [2.05, 4.69) is 31.1 Å². The highest BCUT2D eigenvalue weighted by Gasteiger charge is 2.44. The Hall–Kier alpha value is -0.550. The van der Waals surface area contributed by atoms with E-state index in [1.807, 2.05) is 11.8 Å². The Morgan fingerprint density at radius 1 is 1.53 bits per heavy atom. The molecule has 19 heavy (non-hydrogen) atoms. The predicted octanol–water partition coefficient (Wildman–Crippen LogP) is 3.93. The van der Waals surface area contributed by atoms with Crippen molar-refractivity contribution in [3.05, 3.63) is 16.1 Å². The molecule has 106 valence electrons. The zero-order valence-electron chi connectivity index (χ0n) is 11.7. The number of hydrogen-bond acceptors (Lipinski definition) is 4. The second kappa shape index (κ2) is 5.44. The number of thiazole rings is 1. The summed E-state index contributed by atoms with van der Waals surface area (Å²) in [5.41, 5.74) is 1.35. The first-order valence-electron chi connectivity index (χ1n) is 6.55. The third-order valence-electron chi connectivity index (χ3n) is 3.44. The Labute approximate surface area is 122 Å². The molecule has 0 radical (unpaired) electrons. The van der Waals surface area contributed by atoms with Crippen molar-refractivity contribution in [3.63, 3.8) is 0 Å². The Kier molecular flexibility index (Phi) is 4.26. The smallest absolute Gasteiger partial charge is 0.303 e. The summed E-state index contributed by atoms with van der Waals surface area (Å²) in [6.45, 7) is 6.51. The van der Waals surface area contributed by atoms with Crippen LogP contribution in [0.5, 0.6) is 0 Å². The predicted molar refractivity (Wildman–Crippen MR) is 80.9 cm³/mol. The molecule has 1 aliphatic carbocycles. The number of carboxylic acid groups (broad SMARTS) is 1. The molecule has 0 spiro atoms. The number of nitrogens with zero attached hydrogens (tertiary/aromatic N) is 1. The van der Waals surface area contributed by atoms with Gasteiger partial charge in [0.25, 0.3) is 0 Å². The normalized spacial score (nSPS) is 17.4. The van der Waals surface area contributed by atoms with Gasteiger partial charge < -0.3 is 5.11 Å². The molecule has 1 aliphatic rings. The monoisotopic (exact) mass is 299 g/mol. The van der Waals surface area contributed by atoms with Crippen LogP contribution in [0.4, 0.5) is 0 Å². The third kappa shape index (κ3) is 4.21. The van der Waals surface area contributed by atoms with E-state index in [4.69, 9.17) is 5.11 Å². The van der Waals surface area contributed by atoms with Gasteiger partial charge in [-0.1, -0.05) is 20.8 Å². The number of aromatic nitrogens is 1. The number of carboxylic acids is 1. The molecule has 0 aliphatic heterocycles. The van der Waals surface area contributed by atoms with Gasteiger partial charge in [-0.05, 0) is 24.0 Å². The molecule has 1 fully saturated rings. The van der Waals surface area contributed by atoms with Crippen molar-refractivity contribution in [2.75, 3.05) is 5.75 Å². The number of hydrogen-bond donors (Lipinski definition) is 1. The quantitative estimate of drug-likeness (QED) is 0.864. The lowest BCUT2D eigenvalue weighted by atomic mass is 9.93. The van der Waals surface area contributed by atoms with Crippen LogP contribution in [0.25, 0.3) is 0 Å². The van der Waals surface area contributed by atoms with Crippen LogP contribution in [0.1, 0.15) is 50.7 Å². The van der Waals surface area contributed by atoms with E-state index in [1.54, 1.807) is 11.3 Å². The summed E-state index contributed by atoms with van der Waals surface area (Å²) in [5, 5.41) is 12.2. The van der Waals surface area contributed by atoms with E-state index in [9.17, 15) is 4.79 Å². The average molecular weight is 299 g/mol. The van der Waals surface area contributed by atoms with Crippen molar-refractivity contribution in [1.29, 1.82) is 0 Å². The molecular formula is C14H21NO2S2. The number of rotatable bonds is 6. The second-order valence-electron chi connectivity index (χ2n) is 6.44. The van der Waals surface area contributed by atoms with E-state index in [-0.39, 0.29) is 10.8 Å². The van der Waals surface area contributed by atoms with Crippen molar-refractivity contribution >= 4 is 29.1 Å². The van der Waals surface area contributed by atoms with Crippen LogP contribution >= 0.6 is 23.1 Å². The molecule has 1 saturated carbocycles. The fourth-order valence-electron chi connectivity index (χ4n) is 1.95. The van der Waals surface area contributed by atoms with Crippen molar-refractivity contribution in [3.8, 4) is 0 Å². The van der Waals surface area contributed by atoms with E-state index in [1.165, 1.54) is 0 Å². The lowest BCUT2D eigenvalue weighted by Crippen LogP contribution is -2.12. The molecule has 0 atom stereocenters. The van der Waals surface area contributed by atoms with Crippen molar-refractivity contribution in [2.45, 2.75) is 51.2 Å². The van der Waals surface area contributed by atoms with E-state index in [0.29, 0.717) is 6.42 Å². The summed E-state index contributed by atoms with van der Waals surface area (Å²) >= 11 is 3.54. The first-order chi connectivity index (χ1) is 8.81. The minimum absolute atomic E-state index is 0.0839. The van der Waals surface area contributed by atoms with Crippen molar-refractivity contribution in [1.82, 2.24) is 4.98 Å². The lowest BCUT2D eigenvalue weighted by molar-refractivity contribution is -0.138. The Morgan fingerprint density at radius 2 is 2.21 bits per heavy atom.